The fourth-order valence-electron chi connectivity index (χ4n) is 1.23. The Morgan fingerprint density at radius 3 is 2.50 bits per heavy atom. The summed E-state index contributed by atoms with van der Waals surface area (Å²) in [6, 6.07) is 11.9. The topological polar surface area (TPSA) is 17.1 Å². The number of hydrogen-bond acceptors (Lipinski definition) is 2. The van der Waals surface area contributed by atoms with Crippen LogP contribution in [0.3, 0.4) is 0 Å². The average Bonchev–Trinajstić information content (AvgIpc) is 2.61. The van der Waals surface area contributed by atoms with Crippen LogP contribution in [-0.4, -0.2) is 6.29 Å². The summed E-state index contributed by atoms with van der Waals surface area (Å²) in [5.74, 6) is 0. The number of carbonyl (C=O) groups is 1. The summed E-state index contributed by atoms with van der Waals surface area (Å²) in [5, 5.41) is 0. The van der Waals surface area contributed by atoms with Crippen LogP contribution in [0, 0.1) is 0 Å². The molecule has 1 aromatic carbocycles. The molecule has 0 unspecified atom stereocenters. The predicted molar refractivity (Wildman–Crippen MR) is 62.8 cm³/mol. The van der Waals surface area contributed by atoms with Gasteiger partial charge in [-0.25, -0.2) is 0 Å². The molecular formula is C11H7BrOS. The molecule has 0 N–H and O–H groups in total. The van der Waals surface area contributed by atoms with E-state index >= 15 is 0 Å². The second-order valence-electron chi connectivity index (χ2n) is 2.81. The van der Waals surface area contributed by atoms with Crippen molar-refractivity contribution < 1.29 is 4.79 Å². The van der Waals surface area contributed by atoms with Crippen LogP contribution in [0.2, 0.25) is 0 Å². The number of halogens is 1. The minimum Gasteiger partial charge on any atom is -0.297 e. The Morgan fingerprint density at radius 1 is 1.21 bits per heavy atom. The highest BCUT2D eigenvalue weighted by molar-refractivity contribution is 9.10. The fraction of sp³-hybridized carbons (Fsp3) is 0. The van der Waals surface area contributed by atoms with Gasteiger partial charge in [-0.15, -0.1) is 11.3 Å². The maximum absolute atomic E-state index is 10.6. The summed E-state index contributed by atoms with van der Waals surface area (Å²) in [4.78, 5) is 12.4. The molecule has 1 nitrogen and oxygen atoms in total. The van der Waals surface area contributed by atoms with Crippen LogP contribution in [-0.2, 0) is 0 Å². The molecule has 0 saturated carbocycles. The van der Waals surface area contributed by atoms with Crippen LogP contribution >= 0.6 is 27.3 Å². The Balaban J connectivity index is 2.51. The lowest BCUT2D eigenvalue weighted by molar-refractivity contribution is 0.112. The molecule has 0 aliphatic rings. The first-order valence-electron chi connectivity index (χ1n) is 4.11. The summed E-state index contributed by atoms with van der Waals surface area (Å²) >= 11 is 4.94. The molecule has 0 radical (unpaired) electrons. The van der Waals surface area contributed by atoms with Gasteiger partial charge in [-0.2, -0.15) is 0 Å². The van der Waals surface area contributed by atoms with E-state index in [0.29, 0.717) is 0 Å². The van der Waals surface area contributed by atoms with Gasteiger partial charge in [-0.3, -0.25) is 4.79 Å². The summed E-state index contributed by atoms with van der Waals surface area (Å²) in [6.07, 6.45) is 0.877. The normalized spacial score (nSPS) is 10.1. The Morgan fingerprint density at radius 2 is 1.93 bits per heavy atom. The van der Waals surface area contributed by atoms with Gasteiger partial charge in [0.25, 0.3) is 0 Å². The number of benzene rings is 1. The van der Waals surface area contributed by atoms with Crippen LogP contribution in [0.4, 0.5) is 0 Å². The van der Waals surface area contributed by atoms with Crippen molar-refractivity contribution >= 4 is 33.6 Å². The van der Waals surface area contributed by atoms with E-state index < -0.39 is 0 Å². The molecule has 0 spiro atoms. The first-order chi connectivity index (χ1) is 6.81. The molecule has 2 aromatic rings. The summed E-state index contributed by atoms with van der Waals surface area (Å²) < 4.78 is 0.982. The van der Waals surface area contributed by atoms with E-state index in [4.69, 9.17) is 0 Å². The highest BCUT2D eigenvalue weighted by Gasteiger charge is 2.07. The van der Waals surface area contributed by atoms with Crippen molar-refractivity contribution in [2.75, 3.05) is 0 Å². The molecule has 0 amide bonds. The zero-order chi connectivity index (χ0) is 9.97. The number of aldehydes is 1. The zero-order valence-corrected chi connectivity index (χ0v) is 9.64. The Hall–Kier alpha value is -0.930. The lowest BCUT2D eigenvalue weighted by Crippen LogP contribution is -1.70. The summed E-state index contributed by atoms with van der Waals surface area (Å²) in [7, 11) is 0. The molecule has 70 valence electrons. The molecule has 0 aliphatic heterocycles. The third-order valence-electron chi connectivity index (χ3n) is 1.86. The van der Waals surface area contributed by atoms with Crippen LogP contribution < -0.4 is 0 Å². The molecule has 1 aromatic heterocycles. The van der Waals surface area contributed by atoms with Crippen LogP contribution in [0.5, 0.6) is 0 Å². The first-order valence-corrected chi connectivity index (χ1v) is 5.72. The van der Waals surface area contributed by atoms with E-state index in [9.17, 15) is 4.79 Å². The highest BCUT2D eigenvalue weighted by Crippen LogP contribution is 2.35. The average molecular weight is 267 g/mol. The van der Waals surface area contributed by atoms with Crippen molar-refractivity contribution in [2.45, 2.75) is 0 Å². The van der Waals surface area contributed by atoms with Gasteiger partial charge in [0, 0.05) is 9.35 Å². The zero-order valence-electron chi connectivity index (χ0n) is 7.24. The van der Waals surface area contributed by atoms with E-state index in [1.165, 1.54) is 11.3 Å². The van der Waals surface area contributed by atoms with Gasteiger partial charge < -0.3 is 0 Å². The van der Waals surface area contributed by atoms with Crippen molar-refractivity contribution in [1.29, 1.82) is 0 Å². The number of carbonyl (C=O) groups excluding carboxylic acids is 1. The lowest BCUT2D eigenvalue weighted by atomic mass is 10.2. The predicted octanol–water partition coefficient (Wildman–Crippen LogP) is 3.99. The Bertz CT molecular complexity index is 448. The Labute approximate surface area is 94.5 Å². The van der Waals surface area contributed by atoms with E-state index in [2.05, 4.69) is 15.9 Å². The minimum atomic E-state index is 0.746. The van der Waals surface area contributed by atoms with E-state index in [1.807, 2.05) is 36.4 Å². The molecule has 0 aliphatic carbocycles. The van der Waals surface area contributed by atoms with E-state index in [0.717, 1.165) is 26.1 Å². The van der Waals surface area contributed by atoms with Gasteiger partial charge in [-0.05, 0) is 27.6 Å². The molecule has 0 atom stereocenters. The first kappa shape index (κ1) is 9.62. The van der Waals surface area contributed by atoms with Crippen molar-refractivity contribution in [1.82, 2.24) is 0 Å². The van der Waals surface area contributed by atoms with Gasteiger partial charge in [0.1, 0.15) is 0 Å². The largest absolute Gasteiger partial charge is 0.297 e. The Kier molecular flexibility index (Phi) is 2.79. The van der Waals surface area contributed by atoms with Crippen LogP contribution in [0.25, 0.3) is 10.4 Å². The molecule has 2 rings (SSSR count). The van der Waals surface area contributed by atoms with Gasteiger partial charge in [0.15, 0.2) is 6.29 Å². The van der Waals surface area contributed by atoms with Gasteiger partial charge in [0.05, 0.1) is 4.88 Å². The molecular weight excluding hydrogens is 260 g/mol. The smallest absolute Gasteiger partial charge is 0.160 e. The third kappa shape index (κ3) is 1.79. The monoisotopic (exact) mass is 266 g/mol. The maximum Gasteiger partial charge on any atom is 0.160 e. The van der Waals surface area contributed by atoms with Crippen LogP contribution in [0.15, 0.2) is 40.9 Å². The second kappa shape index (κ2) is 4.07. The van der Waals surface area contributed by atoms with E-state index in [1.54, 1.807) is 0 Å². The van der Waals surface area contributed by atoms with Crippen molar-refractivity contribution in [2.24, 2.45) is 0 Å². The quantitative estimate of drug-likeness (QED) is 0.752. The summed E-state index contributed by atoms with van der Waals surface area (Å²) in [6.45, 7) is 0. The van der Waals surface area contributed by atoms with Crippen molar-refractivity contribution in [3.8, 4) is 10.4 Å². The van der Waals surface area contributed by atoms with Gasteiger partial charge in [0.2, 0.25) is 0 Å². The minimum absolute atomic E-state index is 0.746. The van der Waals surface area contributed by atoms with Gasteiger partial charge >= 0.3 is 0 Å². The molecule has 0 bridgehead atoms. The standard InChI is InChI=1S/C11H7BrOS/c12-10-6-9(7-13)14-11(10)8-4-2-1-3-5-8/h1-7H. The number of hydrogen-bond donors (Lipinski definition) is 0. The van der Waals surface area contributed by atoms with Crippen molar-refractivity contribution in [3.05, 3.63) is 45.7 Å². The molecule has 0 fully saturated rings. The van der Waals surface area contributed by atoms with Gasteiger partial charge in [-0.1, -0.05) is 30.3 Å². The molecule has 1 heterocycles. The molecule has 0 saturated heterocycles. The highest BCUT2D eigenvalue weighted by atomic mass is 79.9. The third-order valence-corrected chi connectivity index (χ3v) is 3.86. The maximum atomic E-state index is 10.6. The summed E-state index contributed by atoms with van der Waals surface area (Å²) in [5.41, 5.74) is 1.14. The van der Waals surface area contributed by atoms with Crippen LogP contribution in [0.1, 0.15) is 9.67 Å². The fourth-order valence-corrected chi connectivity index (χ4v) is 2.97. The second-order valence-corrected chi connectivity index (χ2v) is 4.75. The van der Waals surface area contributed by atoms with E-state index in [-0.39, 0.29) is 0 Å². The molecule has 14 heavy (non-hydrogen) atoms. The van der Waals surface area contributed by atoms with Crippen molar-refractivity contribution in [3.63, 3.8) is 0 Å². The number of thiophene rings is 1. The molecule has 3 heteroatoms. The SMILES string of the molecule is O=Cc1cc(Br)c(-c2ccccc2)s1. The number of rotatable bonds is 2. The lowest BCUT2D eigenvalue weighted by Gasteiger charge is -1.96.